The van der Waals surface area contributed by atoms with Crippen molar-refractivity contribution in [1.82, 2.24) is 4.90 Å². The van der Waals surface area contributed by atoms with Gasteiger partial charge in [0.25, 0.3) is 0 Å². The van der Waals surface area contributed by atoms with Crippen LogP contribution in [0.2, 0.25) is 0 Å². The molecule has 2 nitrogen and oxygen atoms in total. The maximum absolute atomic E-state index is 12.6. The van der Waals surface area contributed by atoms with Gasteiger partial charge in [-0.15, -0.1) is 0 Å². The first-order chi connectivity index (χ1) is 9.45. The summed E-state index contributed by atoms with van der Waals surface area (Å²) in [6, 6.07) is 5.66. The molecule has 0 amide bonds. The molecule has 20 heavy (non-hydrogen) atoms. The zero-order valence-electron chi connectivity index (χ0n) is 11.2. The van der Waals surface area contributed by atoms with Crippen LogP contribution in [0.25, 0.3) is 0 Å². The fraction of sp³-hybridized carbons (Fsp3) is 0.600. The molecule has 1 saturated carbocycles. The molecule has 1 aliphatic carbocycles. The van der Waals surface area contributed by atoms with Gasteiger partial charge in [-0.25, -0.2) is 0 Å². The van der Waals surface area contributed by atoms with Crippen LogP contribution in [0.4, 0.5) is 13.2 Å². The smallest absolute Gasteiger partial charge is 0.396 e. The topological polar surface area (TPSA) is 23.5 Å². The van der Waals surface area contributed by atoms with Crippen molar-refractivity contribution in [3.8, 4) is 0 Å². The molecule has 1 heterocycles. The third-order valence-corrected chi connectivity index (χ3v) is 4.64. The minimum absolute atomic E-state index is 0.0690. The van der Waals surface area contributed by atoms with E-state index < -0.39 is 11.7 Å². The van der Waals surface area contributed by atoms with Gasteiger partial charge in [0.1, 0.15) is 0 Å². The van der Waals surface area contributed by atoms with Crippen molar-refractivity contribution in [3.05, 3.63) is 35.4 Å². The fourth-order valence-electron chi connectivity index (χ4n) is 3.49. The third kappa shape index (κ3) is 2.33. The van der Waals surface area contributed by atoms with E-state index in [2.05, 4.69) is 4.90 Å². The monoisotopic (exact) mass is 285 g/mol. The average Bonchev–Trinajstić information content (AvgIpc) is 2.99. The molecule has 0 aromatic heterocycles. The molecule has 1 aliphatic heterocycles. The largest absolute Gasteiger partial charge is 0.416 e. The van der Waals surface area contributed by atoms with Gasteiger partial charge in [0.15, 0.2) is 0 Å². The van der Waals surface area contributed by atoms with E-state index >= 15 is 0 Å². The van der Waals surface area contributed by atoms with E-state index in [0.29, 0.717) is 5.92 Å². The molecular weight excluding hydrogens is 267 g/mol. The molecule has 0 radical (unpaired) electrons. The summed E-state index contributed by atoms with van der Waals surface area (Å²) >= 11 is 0. The molecule has 5 heteroatoms. The number of nitrogens with zero attached hydrogens (tertiary/aromatic N) is 1. The van der Waals surface area contributed by atoms with Gasteiger partial charge in [-0.3, -0.25) is 0 Å². The maximum atomic E-state index is 12.6. The van der Waals surface area contributed by atoms with Gasteiger partial charge in [0.2, 0.25) is 0 Å². The van der Waals surface area contributed by atoms with Crippen molar-refractivity contribution in [2.24, 2.45) is 5.92 Å². The van der Waals surface area contributed by atoms with Crippen molar-refractivity contribution < 1.29 is 18.3 Å². The molecule has 1 aromatic carbocycles. The number of benzene rings is 1. The third-order valence-electron chi connectivity index (χ3n) is 4.64. The van der Waals surface area contributed by atoms with Crippen molar-refractivity contribution in [2.45, 2.75) is 24.4 Å². The number of aliphatic hydroxyl groups excluding tert-OH is 1. The quantitative estimate of drug-likeness (QED) is 0.919. The molecule has 2 aliphatic rings. The van der Waals surface area contributed by atoms with Gasteiger partial charge < -0.3 is 10.0 Å². The average molecular weight is 285 g/mol. The number of hydrogen-bond donors (Lipinski definition) is 1. The normalized spacial score (nSPS) is 29.5. The van der Waals surface area contributed by atoms with Gasteiger partial charge in [-0.2, -0.15) is 13.2 Å². The molecule has 3 rings (SSSR count). The first-order valence-electron chi connectivity index (χ1n) is 6.97. The lowest BCUT2D eigenvalue weighted by Gasteiger charge is -2.21. The minimum Gasteiger partial charge on any atom is -0.396 e. The van der Waals surface area contributed by atoms with E-state index in [-0.39, 0.29) is 12.0 Å². The minimum atomic E-state index is -4.26. The van der Waals surface area contributed by atoms with E-state index in [1.165, 1.54) is 12.1 Å². The molecule has 1 saturated heterocycles. The summed E-state index contributed by atoms with van der Waals surface area (Å²) in [7, 11) is 0. The van der Waals surface area contributed by atoms with Crippen LogP contribution in [0.1, 0.15) is 24.0 Å². The van der Waals surface area contributed by atoms with Crippen molar-refractivity contribution in [2.75, 3.05) is 26.2 Å². The number of hydrogen-bond acceptors (Lipinski definition) is 2. The van der Waals surface area contributed by atoms with Crippen LogP contribution in [-0.2, 0) is 11.6 Å². The molecule has 2 atom stereocenters. The van der Waals surface area contributed by atoms with Crippen LogP contribution >= 0.6 is 0 Å². The maximum Gasteiger partial charge on any atom is 0.416 e. The number of aliphatic hydroxyl groups is 1. The number of fused-ring (bicyclic) bond motifs is 1. The van der Waals surface area contributed by atoms with E-state index in [1.807, 2.05) is 0 Å². The number of likely N-dealkylation sites (tertiary alicyclic amines) is 1. The van der Waals surface area contributed by atoms with E-state index in [0.717, 1.165) is 38.0 Å². The Morgan fingerprint density at radius 2 is 1.95 bits per heavy atom. The van der Waals surface area contributed by atoms with Gasteiger partial charge in [0, 0.05) is 31.7 Å². The number of alkyl halides is 3. The molecule has 1 aromatic rings. The predicted octanol–water partition coefficient (Wildman–Crippen LogP) is 2.66. The summed E-state index contributed by atoms with van der Waals surface area (Å²) in [6.07, 6.45) is -2.42. The molecule has 110 valence electrons. The Morgan fingerprint density at radius 3 is 2.55 bits per heavy atom. The number of rotatable bonds is 4. The van der Waals surface area contributed by atoms with E-state index in [1.54, 1.807) is 12.1 Å². The van der Waals surface area contributed by atoms with Gasteiger partial charge >= 0.3 is 6.18 Å². The Morgan fingerprint density at radius 1 is 1.25 bits per heavy atom. The molecule has 2 fully saturated rings. The summed E-state index contributed by atoms with van der Waals surface area (Å²) in [4.78, 5) is 2.31. The SMILES string of the molecule is OCCCN1C[C@@H]2C[C@]2(c2ccc(C(F)(F)F)cc2)C1. The summed E-state index contributed by atoms with van der Waals surface area (Å²) < 4.78 is 37.7. The highest BCUT2D eigenvalue weighted by atomic mass is 19.4. The Hall–Kier alpha value is -1.07. The van der Waals surface area contributed by atoms with Gasteiger partial charge in [-0.1, -0.05) is 12.1 Å². The van der Waals surface area contributed by atoms with Crippen LogP contribution in [0, 0.1) is 5.92 Å². The molecule has 1 N–H and O–H groups in total. The van der Waals surface area contributed by atoms with Crippen LogP contribution in [0.15, 0.2) is 24.3 Å². The predicted molar refractivity (Wildman–Crippen MR) is 69.4 cm³/mol. The second-order valence-corrected chi connectivity index (χ2v) is 5.94. The first kappa shape index (κ1) is 13.9. The summed E-state index contributed by atoms with van der Waals surface area (Å²) in [5.41, 5.74) is 0.520. The molecule has 0 spiro atoms. The second kappa shape index (κ2) is 4.74. The van der Waals surface area contributed by atoms with Gasteiger partial charge in [0.05, 0.1) is 5.56 Å². The molecule has 0 unspecified atom stereocenters. The zero-order valence-corrected chi connectivity index (χ0v) is 11.2. The fourth-order valence-corrected chi connectivity index (χ4v) is 3.49. The van der Waals surface area contributed by atoms with E-state index in [4.69, 9.17) is 5.11 Å². The lowest BCUT2D eigenvalue weighted by Crippen LogP contribution is -2.28. The van der Waals surface area contributed by atoms with Crippen LogP contribution in [0.5, 0.6) is 0 Å². The van der Waals surface area contributed by atoms with Gasteiger partial charge in [-0.05, 0) is 36.5 Å². The highest BCUT2D eigenvalue weighted by molar-refractivity contribution is 5.39. The number of halogens is 3. The number of piperidine rings is 1. The first-order valence-corrected chi connectivity index (χ1v) is 6.97. The summed E-state index contributed by atoms with van der Waals surface area (Å²) in [5.74, 6) is 0.568. The van der Waals surface area contributed by atoms with E-state index in [9.17, 15) is 13.2 Å². The highest BCUT2D eigenvalue weighted by Gasteiger charge is 2.60. The lowest BCUT2D eigenvalue weighted by atomic mass is 9.94. The summed E-state index contributed by atoms with van der Waals surface area (Å²) in [6.45, 7) is 2.97. The van der Waals surface area contributed by atoms with Crippen molar-refractivity contribution in [1.29, 1.82) is 0 Å². The summed E-state index contributed by atoms with van der Waals surface area (Å²) in [5, 5.41) is 8.86. The standard InChI is InChI=1S/C15H18F3NO/c16-15(17,18)12-4-2-11(3-5-12)14-8-13(14)9-19(10-14)6-1-7-20/h2-5,13,20H,1,6-10H2/t13-,14+/m0/s1. The molecular formula is C15H18F3NO. The Bertz CT molecular complexity index is 485. The van der Waals surface area contributed by atoms with Crippen LogP contribution in [0.3, 0.4) is 0 Å². The Labute approximate surface area is 116 Å². The zero-order chi connectivity index (χ0) is 14.4. The second-order valence-electron chi connectivity index (χ2n) is 5.94. The van der Waals surface area contributed by atoms with Crippen LogP contribution < -0.4 is 0 Å². The Kier molecular flexibility index (Phi) is 3.29. The van der Waals surface area contributed by atoms with Crippen LogP contribution in [-0.4, -0.2) is 36.2 Å². The highest BCUT2D eigenvalue weighted by Crippen LogP contribution is 2.59. The Balaban J connectivity index is 1.71. The van der Waals surface area contributed by atoms with Crippen molar-refractivity contribution >= 4 is 0 Å². The van der Waals surface area contributed by atoms with Crippen molar-refractivity contribution in [3.63, 3.8) is 0 Å². The lowest BCUT2D eigenvalue weighted by molar-refractivity contribution is -0.137. The molecule has 0 bridgehead atoms.